The summed E-state index contributed by atoms with van der Waals surface area (Å²) < 4.78 is 38.0. The molecule has 0 radical (unpaired) electrons. The predicted octanol–water partition coefficient (Wildman–Crippen LogP) is 1.77. The van der Waals surface area contributed by atoms with Crippen LogP contribution in [0.2, 0.25) is 0 Å². The molecular formula is C16H17NO7S2. The molecule has 2 aromatic carbocycles. The third-order valence-electron chi connectivity index (χ3n) is 3.64. The zero-order valence-corrected chi connectivity index (χ0v) is 15.2. The van der Waals surface area contributed by atoms with E-state index in [9.17, 15) is 28.0 Å². The molecule has 2 atom stereocenters. The van der Waals surface area contributed by atoms with Gasteiger partial charge in [-0.05, 0) is 29.8 Å². The highest BCUT2D eigenvalue weighted by atomic mass is 32.2. The third kappa shape index (κ3) is 3.78. The van der Waals surface area contributed by atoms with E-state index in [2.05, 4.69) is 0 Å². The summed E-state index contributed by atoms with van der Waals surface area (Å²) in [6, 6.07) is 12.1. The van der Waals surface area contributed by atoms with Gasteiger partial charge in [-0.2, -0.15) is 8.42 Å². The molecule has 2 rings (SSSR count). The average Bonchev–Trinajstić information content (AvgIpc) is 2.59. The van der Waals surface area contributed by atoms with Gasteiger partial charge in [0.05, 0.1) is 12.4 Å². The maximum atomic E-state index is 11.8. The second-order valence-electron chi connectivity index (χ2n) is 5.29. The van der Waals surface area contributed by atoms with Crippen LogP contribution in [0.4, 0.5) is 5.69 Å². The molecule has 0 spiro atoms. The zero-order valence-electron chi connectivity index (χ0n) is 13.6. The fourth-order valence-corrected chi connectivity index (χ4v) is 4.53. The Kier molecular flexibility index (Phi) is 5.81. The monoisotopic (exact) mass is 399 g/mol. The number of rotatable bonds is 7. The van der Waals surface area contributed by atoms with Crippen LogP contribution in [0, 0.1) is 0 Å². The summed E-state index contributed by atoms with van der Waals surface area (Å²) >= 11 is 0.708. The number of para-hydroxylation sites is 1. The number of carboxylic acid groups (broad SMARTS) is 1. The maximum Gasteiger partial charge on any atom is 0.356 e. The molecule has 26 heavy (non-hydrogen) atoms. The van der Waals surface area contributed by atoms with Crippen LogP contribution in [0.25, 0.3) is 0 Å². The van der Waals surface area contributed by atoms with Crippen molar-refractivity contribution in [3.05, 3.63) is 54.1 Å². The number of aliphatic carboxylic acids is 1. The van der Waals surface area contributed by atoms with Crippen molar-refractivity contribution in [2.75, 3.05) is 12.8 Å². The summed E-state index contributed by atoms with van der Waals surface area (Å²) in [4.78, 5) is 8.48. The van der Waals surface area contributed by atoms with E-state index in [1.165, 1.54) is 31.4 Å². The summed E-state index contributed by atoms with van der Waals surface area (Å²) in [5.74, 6) is -1.66. The van der Waals surface area contributed by atoms with Gasteiger partial charge in [0.1, 0.15) is 5.75 Å². The Labute approximate surface area is 154 Å². The largest absolute Gasteiger partial charge is 0.497 e. The van der Waals surface area contributed by atoms with Gasteiger partial charge in [0.25, 0.3) is 0 Å². The molecule has 0 aromatic heterocycles. The molecule has 0 saturated carbocycles. The molecule has 0 aliphatic carbocycles. The molecule has 2 aromatic rings. The van der Waals surface area contributed by atoms with Crippen molar-refractivity contribution in [1.82, 2.24) is 0 Å². The van der Waals surface area contributed by atoms with E-state index in [0.717, 1.165) is 0 Å². The molecule has 0 bridgehead atoms. The minimum Gasteiger partial charge on any atom is -0.497 e. The molecule has 140 valence electrons. The molecule has 0 heterocycles. The molecule has 10 heteroatoms. The smallest absolute Gasteiger partial charge is 0.356 e. The Morgan fingerprint density at radius 2 is 1.77 bits per heavy atom. The van der Waals surface area contributed by atoms with Gasteiger partial charge in [0.15, 0.2) is 0 Å². The first-order chi connectivity index (χ1) is 12.1. The number of hydrogen-bond donors (Lipinski definition) is 4. The average molecular weight is 399 g/mol. The Morgan fingerprint density at radius 1 is 1.19 bits per heavy atom. The standard InChI is InChI=1S/C16H17NO7S2/c1-24-11-8-6-10(7-9-11)14(16(20,15(18)19)26(21,22)23)25-13-5-3-2-4-12(13)17/h2-9,14,20H,17H2,1H3,(H,18,19)(H,21,22,23)/t14-,16+/m1/s1. The molecule has 0 aliphatic heterocycles. The highest BCUT2D eigenvalue weighted by Gasteiger charge is 2.57. The summed E-state index contributed by atoms with van der Waals surface area (Å²) in [7, 11) is -3.97. The van der Waals surface area contributed by atoms with Gasteiger partial charge in [0.2, 0.25) is 0 Å². The van der Waals surface area contributed by atoms with Gasteiger partial charge >= 0.3 is 21.0 Å². The number of benzene rings is 2. The van der Waals surface area contributed by atoms with E-state index in [-0.39, 0.29) is 11.3 Å². The fraction of sp³-hybridized carbons (Fsp3) is 0.188. The second kappa shape index (κ2) is 7.54. The van der Waals surface area contributed by atoms with E-state index >= 15 is 0 Å². The van der Waals surface area contributed by atoms with Crippen LogP contribution in [0.5, 0.6) is 5.75 Å². The topological polar surface area (TPSA) is 147 Å². The van der Waals surface area contributed by atoms with Crippen molar-refractivity contribution in [2.24, 2.45) is 0 Å². The lowest BCUT2D eigenvalue weighted by atomic mass is 10.1. The van der Waals surface area contributed by atoms with Crippen LogP contribution < -0.4 is 10.5 Å². The minimum absolute atomic E-state index is 0.140. The van der Waals surface area contributed by atoms with Gasteiger partial charge < -0.3 is 20.7 Å². The summed E-state index contributed by atoms with van der Waals surface area (Å²) in [6.45, 7) is 0. The Balaban J connectivity index is 2.64. The molecule has 0 fully saturated rings. The van der Waals surface area contributed by atoms with Gasteiger partial charge in [-0.15, -0.1) is 11.8 Å². The number of methoxy groups -OCH3 is 1. The van der Waals surface area contributed by atoms with E-state index < -0.39 is 26.3 Å². The molecule has 5 N–H and O–H groups in total. The number of nitrogens with two attached hydrogens (primary N) is 1. The maximum absolute atomic E-state index is 11.8. The number of thioether (sulfide) groups is 1. The molecule has 8 nitrogen and oxygen atoms in total. The predicted molar refractivity (Wildman–Crippen MR) is 96.6 cm³/mol. The third-order valence-corrected chi connectivity index (χ3v) is 6.46. The lowest BCUT2D eigenvalue weighted by molar-refractivity contribution is -0.150. The molecule has 0 aliphatic rings. The molecule has 0 saturated heterocycles. The SMILES string of the molecule is COc1ccc([C@@H](Sc2ccccc2N)[C@@](O)(C(=O)O)S(=O)(=O)O)cc1. The van der Waals surface area contributed by atoms with Gasteiger partial charge in [-0.3, -0.25) is 4.55 Å². The number of carbonyl (C=O) groups is 1. The van der Waals surface area contributed by atoms with Crippen LogP contribution in [0.1, 0.15) is 10.8 Å². The second-order valence-corrected chi connectivity index (χ2v) is 8.01. The first-order valence-corrected chi connectivity index (χ1v) is 9.51. The number of carboxylic acids is 1. The van der Waals surface area contributed by atoms with E-state index in [0.29, 0.717) is 22.4 Å². The van der Waals surface area contributed by atoms with Crippen molar-refractivity contribution in [3.63, 3.8) is 0 Å². The Hall–Kier alpha value is -2.27. The van der Waals surface area contributed by atoms with Crippen molar-refractivity contribution in [3.8, 4) is 5.75 Å². The lowest BCUT2D eigenvalue weighted by Crippen LogP contribution is -2.50. The van der Waals surface area contributed by atoms with Crippen LogP contribution in [-0.2, 0) is 14.9 Å². The quantitative estimate of drug-likeness (QED) is 0.310. The van der Waals surface area contributed by atoms with Crippen LogP contribution in [0.3, 0.4) is 0 Å². The van der Waals surface area contributed by atoms with E-state index in [1.54, 1.807) is 24.3 Å². The molecule has 0 amide bonds. The van der Waals surface area contributed by atoms with Crippen LogP contribution in [0.15, 0.2) is 53.4 Å². The molecule has 0 unspecified atom stereocenters. The number of ether oxygens (including phenoxy) is 1. The van der Waals surface area contributed by atoms with Gasteiger partial charge in [-0.1, -0.05) is 24.3 Å². The van der Waals surface area contributed by atoms with Crippen molar-refractivity contribution in [2.45, 2.75) is 15.1 Å². The summed E-state index contributed by atoms with van der Waals surface area (Å²) in [5, 5.41) is 18.3. The first kappa shape index (κ1) is 20.0. The summed E-state index contributed by atoms with van der Waals surface area (Å²) in [5.41, 5.74) is 6.24. The number of aliphatic hydroxyl groups is 1. The fourth-order valence-electron chi connectivity index (χ4n) is 2.23. The lowest BCUT2D eigenvalue weighted by Gasteiger charge is -2.29. The van der Waals surface area contributed by atoms with Crippen molar-refractivity contribution >= 4 is 33.5 Å². The van der Waals surface area contributed by atoms with Gasteiger partial charge in [0, 0.05) is 10.6 Å². The first-order valence-electron chi connectivity index (χ1n) is 7.19. The Morgan fingerprint density at radius 3 is 2.23 bits per heavy atom. The normalized spacial score (nSPS) is 15.0. The van der Waals surface area contributed by atoms with E-state index in [4.69, 9.17) is 10.5 Å². The zero-order chi connectivity index (χ0) is 19.5. The highest BCUT2D eigenvalue weighted by Crippen LogP contribution is 2.47. The number of anilines is 1. The van der Waals surface area contributed by atoms with Gasteiger partial charge in [-0.25, -0.2) is 4.79 Å². The minimum atomic E-state index is -5.40. The van der Waals surface area contributed by atoms with Crippen LogP contribution in [-0.4, -0.2) is 41.2 Å². The van der Waals surface area contributed by atoms with E-state index in [1.807, 2.05) is 0 Å². The number of nitrogen functional groups attached to an aromatic ring is 1. The highest BCUT2D eigenvalue weighted by molar-refractivity contribution is 8.01. The number of hydrogen-bond acceptors (Lipinski definition) is 7. The Bertz CT molecular complexity index is 899. The van der Waals surface area contributed by atoms with Crippen LogP contribution >= 0.6 is 11.8 Å². The molecular weight excluding hydrogens is 382 g/mol. The summed E-state index contributed by atoms with van der Waals surface area (Å²) in [6.07, 6.45) is 0. The van der Waals surface area contributed by atoms with Crippen molar-refractivity contribution < 1.29 is 32.7 Å². The van der Waals surface area contributed by atoms with Crippen molar-refractivity contribution in [1.29, 1.82) is 0 Å².